The lowest BCUT2D eigenvalue weighted by Gasteiger charge is -2.35. The van der Waals surface area contributed by atoms with Gasteiger partial charge in [0, 0.05) is 11.3 Å². The highest BCUT2D eigenvalue weighted by molar-refractivity contribution is 6.02. The molecule has 0 atom stereocenters. The molecule has 0 saturated carbocycles. The van der Waals surface area contributed by atoms with Crippen molar-refractivity contribution in [3.8, 4) is 0 Å². The highest BCUT2D eigenvalue weighted by Gasteiger charge is 2.23. The van der Waals surface area contributed by atoms with Gasteiger partial charge in [0.1, 0.15) is 6.54 Å². The number of fused-ring (bicyclic) bond motifs is 2. The zero-order chi connectivity index (χ0) is 19.8. The molecule has 1 aliphatic heterocycles. The number of nitrogens with one attached hydrogen (secondary N) is 1. The molecule has 2 nitrogen and oxygen atoms in total. The topological polar surface area (TPSA) is 7.68 Å². The fourth-order valence-electron chi connectivity index (χ4n) is 4.85. The van der Waals surface area contributed by atoms with E-state index in [2.05, 4.69) is 91.5 Å². The van der Waals surface area contributed by atoms with Crippen molar-refractivity contribution in [3.05, 3.63) is 89.5 Å². The van der Waals surface area contributed by atoms with Crippen molar-refractivity contribution in [1.82, 2.24) is 0 Å². The number of piperazine rings is 1. The Bertz CT molecular complexity index is 1120. The van der Waals surface area contributed by atoms with Crippen molar-refractivity contribution in [2.24, 2.45) is 0 Å². The summed E-state index contributed by atoms with van der Waals surface area (Å²) in [6.07, 6.45) is 0. The Hall–Kier alpha value is -2.84. The highest BCUT2D eigenvalue weighted by Crippen LogP contribution is 2.28. The lowest BCUT2D eigenvalue weighted by molar-refractivity contribution is -0.914. The van der Waals surface area contributed by atoms with Crippen LogP contribution < -0.4 is 9.80 Å². The Balaban J connectivity index is 1.41. The van der Waals surface area contributed by atoms with Gasteiger partial charge in [-0.1, -0.05) is 60.7 Å². The number of quaternary nitrogens is 1. The largest absolute Gasteiger partial charge is 0.360 e. The van der Waals surface area contributed by atoms with Crippen molar-refractivity contribution < 1.29 is 4.90 Å². The third kappa shape index (κ3) is 3.49. The van der Waals surface area contributed by atoms with E-state index in [9.17, 15) is 0 Å². The minimum atomic E-state index is 1.10. The maximum atomic E-state index is 2.58. The number of benzene rings is 4. The summed E-state index contributed by atoms with van der Waals surface area (Å²) in [7, 11) is 0. The van der Waals surface area contributed by atoms with E-state index in [1.807, 2.05) is 0 Å². The zero-order valence-corrected chi connectivity index (χ0v) is 17.4. The number of nitrogens with zero attached hydrogens (tertiary/aromatic N) is 1. The van der Waals surface area contributed by atoms with Crippen LogP contribution in [0.4, 0.5) is 5.69 Å². The van der Waals surface area contributed by atoms with Crippen molar-refractivity contribution in [2.45, 2.75) is 20.4 Å². The van der Waals surface area contributed by atoms with Crippen LogP contribution in [0.15, 0.2) is 72.8 Å². The predicted octanol–water partition coefficient (Wildman–Crippen LogP) is 4.51. The molecule has 4 aromatic rings. The summed E-state index contributed by atoms with van der Waals surface area (Å²) < 4.78 is 0. The molecular weight excluding hydrogens is 352 g/mol. The van der Waals surface area contributed by atoms with Crippen LogP contribution in [-0.4, -0.2) is 26.2 Å². The van der Waals surface area contributed by atoms with E-state index < -0.39 is 0 Å². The van der Waals surface area contributed by atoms with Gasteiger partial charge >= 0.3 is 0 Å². The predicted molar refractivity (Wildman–Crippen MR) is 124 cm³/mol. The van der Waals surface area contributed by atoms with Gasteiger partial charge in [-0.15, -0.1) is 0 Å². The van der Waals surface area contributed by atoms with Crippen LogP contribution in [0.1, 0.15) is 16.7 Å². The Morgan fingerprint density at radius 2 is 1.38 bits per heavy atom. The molecule has 2 heteroatoms. The fourth-order valence-corrected chi connectivity index (χ4v) is 4.85. The van der Waals surface area contributed by atoms with Gasteiger partial charge in [0.15, 0.2) is 0 Å². The molecule has 0 bridgehead atoms. The molecular formula is C27H29N2+. The SMILES string of the molecule is Cc1ccc(C)c(N2CC[NH+](Cc3c4ccccc4cc4ccccc34)CC2)c1. The van der Waals surface area contributed by atoms with E-state index in [-0.39, 0.29) is 0 Å². The molecule has 1 fully saturated rings. The van der Waals surface area contributed by atoms with E-state index in [4.69, 9.17) is 0 Å². The molecule has 0 aromatic heterocycles. The van der Waals surface area contributed by atoms with E-state index in [1.165, 1.54) is 57.0 Å². The van der Waals surface area contributed by atoms with Crippen molar-refractivity contribution in [2.75, 3.05) is 31.1 Å². The van der Waals surface area contributed by atoms with Gasteiger partial charge in [-0.3, -0.25) is 0 Å². The molecule has 0 amide bonds. The molecule has 0 unspecified atom stereocenters. The molecule has 1 heterocycles. The summed E-state index contributed by atoms with van der Waals surface area (Å²) in [5, 5.41) is 5.54. The fraction of sp³-hybridized carbons (Fsp3) is 0.259. The zero-order valence-electron chi connectivity index (χ0n) is 17.4. The molecule has 0 aliphatic carbocycles. The Labute approximate surface area is 173 Å². The second-order valence-electron chi connectivity index (χ2n) is 8.50. The quantitative estimate of drug-likeness (QED) is 0.513. The van der Waals surface area contributed by atoms with Crippen LogP contribution in [0.3, 0.4) is 0 Å². The van der Waals surface area contributed by atoms with Gasteiger partial charge in [-0.25, -0.2) is 0 Å². The number of hydrogen-bond acceptors (Lipinski definition) is 1. The maximum absolute atomic E-state index is 2.58. The van der Waals surface area contributed by atoms with Crippen LogP contribution >= 0.6 is 0 Å². The minimum absolute atomic E-state index is 1.10. The molecule has 0 spiro atoms. The number of rotatable bonds is 3. The molecule has 1 saturated heterocycles. The van der Waals surface area contributed by atoms with Crippen LogP contribution in [0.25, 0.3) is 21.5 Å². The van der Waals surface area contributed by atoms with E-state index in [0.717, 1.165) is 19.6 Å². The minimum Gasteiger partial charge on any atom is -0.360 e. The Morgan fingerprint density at radius 1 is 0.759 bits per heavy atom. The third-order valence-corrected chi connectivity index (χ3v) is 6.49. The first-order valence-electron chi connectivity index (χ1n) is 10.7. The smallest absolute Gasteiger partial charge is 0.104 e. The van der Waals surface area contributed by atoms with Gasteiger partial charge in [-0.05, 0) is 58.7 Å². The van der Waals surface area contributed by atoms with Crippen molar-refractivity contribution >= 4 is 27.2 Å². The summed E-state index contributed by atoms with van der Waals surface area (Å²) in [5.41, 5.74) is 5.66. The first-order valence-corrected chi connectivity index (χ1v) is 10.7. The van der Waals surface area contributed by atoms with Gasteiger partial charge in [-0.2, -0.15) is 0 Å². The Morgan fingerprint density at radius 3 is 2.03 bits per heavy atom. The standard InChI is InChI=1S/C27H28N2/c1-20-11-12-21(2)27(17-20)29-15-13-28(14-16-29)19-26-24-9-5-3-7-22(24)18-23-8-4-6-10-25(23)26/h3-12,17-18H,13-16,19H2,1-2H3/p+1. The average molecular weight is 382 g/mol. The van der Waals surface area contributed by atoms with Gasteiger partial charge in [0.2, 0.25) is 0 Å². The summed E-state index contributed by atoms with van der Waals surface area (Å²) in [4.78, 5) is 4.26. The second-order valence-corrected chi connectivity index (χ2v) is 8.50. The molecule has 1 aliphatic rings. The lowest BCUT2D eigenvalue weighted by atomic mass is 9.96. The van der Waals surface area contributed by atoms with E-state index in [0.29, 0.717) is 0 Å². The van der Waals surface area contributed by atoms with E-state index in [1.54, 1.807) is 4.90 Å². The molecule has 146 valence electrons. The van der Waals surface area contributed by atoms with Crippen LogP contribution in [0.5, 0.6) is 0 Å². The molecule has 29 heavy (non-hydrogen) atoms. The summed E-state index contributed by atoms with van der Waals surface area (Å²) in [6, 6.07) is 26.9. The molecule has 5 rings (SSSR count). The summed E-state index contributed by atoms with van der Waals surface area (Å²) >= 11 is 0. The van der Waals surface area contributed by atoms with Crippen LogP contribution in [-0.2, 0) is 6.54 Å². The first kappa shape index (κ1) is 18.2. The number of anilines is 1. The third-order valence-electron chi connectivity index (χ3n) is 6.49. The highest BCUT2D eigenvalue weighted by atomic mass is 15.3. The maximum Gasteiger partial charge on any atom is 0.104 e. The van der Waals surface area contributed by atoms with Crippen LogP contribution in [0, 0.1) is 13.8 Å². The second kappa shape index (κ2) is 7.53. The lowest BCUT2D eigenvalue weighted by Crippen LogP contribution is -3.13. The van der Waals surface area contributed by atoms with Gasteiger partial charge in [0.05, 0.1) is 26.2 Å². The van der Waals surface area contributed by atoms with Crippen molar-refractivity contribution in [3.63, 3.8) is 0 Å². The van der Waals surface area contributed by atoms with Gasteiger partial charge in [0.25, 0.3) is 0 Å². The monoisotopic (exact) mass is 381 g/mol. The normalized spacial score (nSPS) is 15.3. The summed E-state index contributed by atoms with van der Waals surface area (Å²) in [5.74, 6) is 0. The molecule has 0 radical (unpaired) electrons. The number of hydrogen-bond donors (Lipinski definition) is 1. The molecule has 4 aromatic carbocycles. The van der Waals surface area contributed by atoms with Crippen molar-refractivity contribution in [1.29, 1.82) is 0 Å². The number of aryl methyl sites for hydroxylation is 2. The Kier molecular flexibility index (Phi) is 4.73. The molecule has 1 N–H and O–H groups in total. The summed E-state index contributed by atoms with van der Waals surface area (Å²) in [6.45, 7) is 10.1. The van der Waals surface area contributed by atoms with Gasteiger partial charge < -0.3 is 9.80 Å². The first-order chi connectivity index (χ1) is 14.2. The van der Waals surface area contributed by atoms with Crippen LogP contribution in [0.2, 0.25) is 0 Å². The van der Waals surface area contributed by atoms with E-state index >= 15 is 0 Å². The average Bonchev–Trinajstić information content (AvgIpc) is 2.76.